The summed E-state index contributed by atoms with van der Waals surface area (Å²) in [4.78, 5) is 26.8. The number of fused-ring (bicyclic) bond motifs is 4. The number of hydrogen-bond acceptors (Lipinski definition) is 4. The second-order valence-corrected chi connectivity index (χ2v) is 8.08. The maximum Gasteiger partial charge on any atom is 0.271 e. The molecule has 2 aromatic heterocycles. The number of carbonyl (C=O) groups excluding carboxylic acids is 1. The molecule has 1 saturated heterocycles. The van der Waals surface area contributed by atoms with Gasteiger partial charge in [-0.1, -0.05) is 19.9 Å². The van der Waals surface area contributed by atoms with Crippen molar-refractivity contribution in [3.63, 3.8) is 0 Å². The van der Waals surface area contributed by atoms with E-state index in [4.69, 9.17) is 0 Å². The molecule has 0 spiro atoms. The summed E-state index contributed by atoms with van der Waals surface area (Å²) in [6.45, 7) is 8.27. The number of aromatic nitrogens is 3. The lowest BCUT2D eigenvalue weighted by Gasteiger charge is -2.42. The molecule has 0 aromatic carbocycles. The number of hydrogen-bond donors (Lipinski definition) is 2. The van der Waals surface area contributed by atoms with Crippen molar-refractivity contribution in [2.75, 3.05) is 26.2 Å². The highest BCUT2D eigenvalue weighted by atomic mass is 16.2. The molecule has 2 aromatic rings. The Kier molecular flexibility index (Phi) is 4.86. The summed E-state index contributed by atoms with van der Waals surface area (Å²) in [7, 11) is 0. The molecule has 1 fully saturated rings. The van der Waals surface area contributed by atoms with Gasteiger partial charge in [0, 0.05) is 56.1 Å². The molecular weight excluding hydrogens is 342 g/mol. The Balaban J connectivity index is 1.32. The van der Waals surface area contributed by atoms with Crippen LogP contribution in [0.2, 0.25) is 0 Å². The zero-order chi connectivity index (χ0) is 19.0. The summed E-state index contributed by atoms with van der Waals surface area (Å²) in [5.41, 5.74) is 2.69. The topological polar surface area (TPSA) is 83.0 Å². The Morgan fingerprint density at radius 1 is 1.33 bits per heavy atom. The van der Waals surface area contributed by atoms with Crippen LogP contribution in [-0.2, 0) is 6.54 Å². The van der Waals surface area contributed by atoms with Crippen LogP contribution in [0, 0.1) is 5.92 Å². The van der Waals surface area contributed by atoms with Crippen LogP contribution in [0.25, 0.3) is 0 Å². The predicted octanol–water partition coefficient (Wildman–Crippen LogP) is 1.54. The molecule has 4 heterocycles. The highest BCUT2D eigenvalue weighted by molar-refractivity contribution is 5.92. The maximum atomic E-state index is 12.3. The minimum absolute atomic E-state index is 0.114. The van der Waals surface area contributed by atoms with Crippen LogP contribution in [0.15, 0.2) is 29.1 Å². The van der Waals surface area contributed by atoms with Crippen molar-refractivity contribution in [1.82, 2.24) is 25.0 Å². The molecule has 144 valence electrons. The quantitative estimate of drug-likeness (QED) is 0.838. The van der Waals surface area contributed by atoms with Crippen LogP contribution < -0.4 is 10.9 Å². The van der Waals surface area contributed by atoms with Crippen LogP contribution >= 0.6 is 0 Å². The Hall–Kier alpha value is -2.41. The number of piperidine rings is 1. The number of H-pyrrole nitrogens is 1. The van der Waals surface area contributed by atoms with Crippen molar-refractivity contribution < 1.29 is 4.79 Å². The third kappa shape index (κ3) is 3.69. The molecule has 2 atom stereocenters. The molecule has 2 bridgehead atoms. The zero-order valence-corrected chi connectivity index (χ0v) is 15.9. The third-order valence-electron chi connectivity index (χ3n) is 5.72. The molecule has 1 amide bonds. The van der Waals surface area contributed by atoms with Gasteiger partial charge in [0.15, 0.2) is 0 Å². The van der Waals surface area contributed by atoms with Gasteiger partial charge in [-0.05, 0) is 30.4 Å². The zero-order valence-electron chi connectivity index (χ0n) is 15.9. The van der Waals surface area contributed by atoms with E-state index in [1.54, 1.807) is 6.07 Å². The van der Waals surface area contributed by atoms with Crippen LogP contribution in [-0.4, -0.2) is 51.8 Å². The van der Waals surface area contributed by atoms with Crippen molar-refractivity contribution in [1.29, 1.82) is 0 Å². The lowest BCUT2D eigenvalue weighted by atomic mass is 9.83. The van der Waals surface area contributed by atoms with E-state index in [0.717, 1.165) is 44.0 Å². The van der Waals surface area contributed by atoms with Crippen molar-refractivity contribution >= 4 is 5.91 Å². The number of pyridine rings is 1. The first-order valence-electron chi connectivity index (χ1n) is 9.77. The fourth-order valence-corrected chi connectivity index (χ4v) is 4.34. The van der Waals surface area contributed by atoms with Crippen LogP contribution in [0.4, 0.5) is 0 Å². The molecule has 7 nitrogen and oxygen atoms in total. The third-order valence-corrected chi connectivity index (χ3v) is 5.72. The minimum Gasteiger partial charge on any atom is -0.349 e. The first-order chi connectivity index (χ1) is 13.0. The van der Waals surface area contributed by atoms with E-state index in [-0.39, 0.29) is 11.5 Å². The van der Waals surface area contributed by atoms with Gasteiger partial charge in [-0.15, -0.1) is 0 Å². The van der Waals surface area contributed by atoms with E-state index in [0.29, 0.717) is 30.0 Å². The molecule has 0 aliphatic carbocycles. The van der Waals surface area contributed by atoms with Crippen molar-refractivity contribution in [3.8, 4) is 0 Å². The lowest BCUT2D eigenvalue weighted by Crippen LogP contribution is -2.48. The molecule has 0 saturated carbocycles. The first-order valence-corrected chi connectivity index (χ1v) is 9.77. The first kappa shape index (κ1) is 18.0. The van der Waals surface area contributed by atoms with E-state index < -0.39 is 0 Å². The molecule has 27 heavy (non-hydrogen) atoms. The smallest absolute Gasteiger partial charge is 0.271 e. The van der Waals surface area contributed by atoms with Gasteiger partial charge < -0.3 is 14.8 Å². The summed E-state index contributed by atoms with van der Waals surface area (Å²) in [5, 5.41) is 9.99. The van der Waals surface area contributed by atoms with Gasteiger partial charge in [0.1, 0.15) is 5.69 Å². The lowest BCUT2D eigenvalue weighted by molar-refractivity contribution is 0.0923. The standard InChI is InChI=1S/C20H27N5O2/c1-13(2)16-9-17(23-22-16)20(27)21-6-7-24-10-14-8-15(12-24)18-4-3-5-19(26)25(18)11-14/h3-5,9,13-15H,6-8,10-12H2,1-2H3,(H,21,27)(H,22,23). The van der Waals surface area contributed by atoms with Crippen LogP contribution in [0.5, 0.6) is 0 Å². The summed E-state index contributed by atoms with van der Waals surface area (Å²) < 4.78 is 1.95. The van der Waals surface area contributed by atoms with E-state index in [9.17, 15) is 9.59 Å². The summed E-state index contributed by atoms with van der Waals surface area (Å²) >= 11 is 0. The van der Waals surface area contributed by atoms with E-state index in [2.05, 4.69) is 40.3 Å². The van der Waals surface area contributed by atoms with Gasteiger partial charge in [-0.3, -0.25) is 14.7 Å². The second-order valence-electron chi connectivity index (χ2n) is 8.08. The van der Waals surface area contributed by atoms with Crippen molar-refractivity contribution in [3.05, 3.63) is 51.7 Å². The van der Waals surface area contributed by atoms with Crippen LogP contribution in [0.1, 0.15) is 54.0 Å². The Morgan fingerprint density at radius 3 is 2.96 bits per heavy atom. The highest BCUT2D eigenvalue weighted by Crippen LogP contribution is 2.34. The van der Waals surface area contributed by atoms with E-state index >= 15 is 0 Å². The Labute approximate surface area is 158 Å². The van der Waals surface area contributed by atoms with Gasteiger partial charge in [-0.25, -0.2) is 0 Å². The van der Waals surface area contributed by atoms with Gasteiger partial charge in [0.2, 0.25) is 0 Å². The average molecular weight is 369 g/mol. The Morgan fingerprint density at radius 2 is 2.19 bits per heavy atom. The van der Waals surface area contributed by atoms with E-state index in [1.165, 1.54) is 0 Å². The predicted molar refractivity (Wildman–Crippen MR) is 103 cm³/mol. The highest BCUT2D eigenvalue weighted by Gasteiger charge is 2.34. The summed E-state index contributed by atoms with van der Waals surface area (Å²) in [6.07, 6.45) is 1.15. The summed E-state index contributed by atoms with van der Waals surface area (Å²) in [5.74, 6) is 1.10. The average Bonchev–Trinajstić information content (AvgIpc) is 3.13. The molecule has 2 unspecified atom stereocenters. The number of aromatic amines is 1. The number of likely N-dealkylation sites (tertiary alicyclic amines) is 1. The van der Waals surface area contributed by atoms with Gasteiger partial charge in [0.25, 0.3) is 11.5 Å². The Bertz CT molecular complexity index is 884. The number of carbonyl (C=O) groups is 1. The number of nitrogens with zero attached hydrogens (tertiary/aromatic N) is 3. The monoisotopic (exact) mass is 369 g/mol. The second kappa shape index (κ2) is 7.31. The molecular formula is C20H27N5O2. The molecule has 2 N–H and O–H groups in total. The van der Waals surface area contributed by atoms with Crippen molar-refractivity contribution in [2.24, 2.45) is 5.92 Å². The largest absolute Gasteiger partial charge is 0.349 e. The number of nitrogens with one attached hydrogen (secondary N) is 2. The molecule has 4 rings (SSSR count). The molecule has 0 radical (unpaired) electrons. The molecule has 2 aliphatic heterocycles. The van der Waals surface area contributed by atoms with Gasteiger partial charge in [-0.2, -0.15) is 5.10 Å². The van der Waals surface area contributed by atoms with Gasteiger partial charge >= 0.3 is 0 Å². The van der Waals surface area contributed by atoms with Crippen LogP contribution in [0.3, 0.4) is 0 Å². The summed E-state index contributed by atoms with van der Waals surface area (Å²) in [6, 6.07) is 7.41. The maximum absolute atomic E-state index is 12.3. The van der Waals surface area contributed by atoms with E-state index in [1.807, 2.05) is 16.7 Å². The van der Waals surface area contributed by atoms with Gasteiger partial charge in [0.05, 0.1) is 0 Å². The normalized spacial score (nSPS) is 21.9. The number of rotatable bonds is 5. The fourth-order valence-electron chi connectivity index (χ4n) is 4.34. The molecule has 7 heteroatoms. The fraction of sp³-hybridized carbons (Fsp3) is 0.550. The van der Waals surface area contributed by atoms with Crippen molar-refractivity contribution in [2.45, 2.75) is 38.6 Å². The minimum atomic E-state index is -0.132. The molecule has 2 aliphatic rings. The SMILES string of the molecule is CC(C)c1cc(C(=O)NCCN2CC3CC(C2)c2cccc(=O)n2C3)n[nH]1. The number of amides is 1.